The lowest BCUT2D eigenvalue weighted by Gasteiger charge is -2.16. The molecule has 1 unspecified atom stereocenters. The van der Waals surface area contributed by atoms with Gasteiger partial charge in [-0.15, -0.1) is 11.6 Å². The van der Waals surface area contributed by atoms with Crippen LogP contribution in [0.2, 0.25) is 0 Å². The molecule has 1 atom stereocenters. The molecule has 0 saturated heterocycles. The lowest BCUT2D eigenvalue weighted by Crippen LogP contribution is -2.00. The minimum atomic E-state index is -0.611. The Bertz CT molecular complexity index is 690. The first-order valence-electron chi connectivity index (χ1n) is 6.52. The van der Waals surface area contributed by atoms with Crippen LogP contribution in [-0.2, 0) is 6.42 Å². The summed E-state index contributed by atoms with van der Waals surface area (Å²) in [5, 5.41) is -0.611. The maximum atomic E-state index is 14.2. The standard InChI is InChI=1S/C16H13BrClFO2/c1-20-11-2-3-12(14(19)8-11)15(18)13-7-10(17)6-9-4-5-21-16(9)13/h2-3,6-8,15H,4-5H2,1H3. The van der Waals surface area contributed by atoms with Crippen LogP contribution in [-0.4, -0.2) is 13.7 Å². The highest BCUT2D eigenvalue weighted by molar-refractivity contribution is 9.10. The second-order valence-electron chi connectivity index (χ2n) is 4.83. The summed E-state index contributed by atoms with van der Waals surface area (Å²) in [6.45, 7) is 0.632. The van der Waals surface area contributed by atoms with Crippen LogP contribution in [0.25, 0.3) is 0 Å². The molecule has 3 rings (SSSR count). The van der Waals surface area contributed by atoms with Crippen LogP contribution in [0, 0.1) is 5.82 Å². The van der Waals surface area contributed by atoms with E-state index in [0.29, 0.717) is 17.9 Å². The van der Waals surface area contributed by atoms with E-state index in [9.17, 15) is 4.39 Å². The molecule has 0 aromatic heterocycles. The van der Waals surface area contributed by atoms with Gasteiger partial charge in [0.2, 0.25) is 0 Å². The highest BCUT2D eigenvalue weighted by Crippen LogP contribution is 2.42. The first kappa shape index (κ1) is 14.7. The molecular formula is C16H13BrClFO2. The minimum absolute atomic E-state index is 0.388. The van der Waals surface area contributed by atoms with Gasteiger partial charge in [0.1, 0.15) is 17.3 Å². The molecule has 110 valence electrons. The Morgan fingerprint density at radius 1 is 1.29 bits per heavy atom. The van der Waals surface area contributed by atoms with E-state index in [1.54, 1.807) is 12.1 Å². The molecule has 0 saturated carbocycles. The third-order valence-corrected chi connectivity index (χ3v) is 4.46. The Hall–Kier alpha value is -1.26. The molecule has 1 aliphatic rings. The van der Waals surface area contributed by atoms with Crippen LogP contribution in [0.3, 0.4) is 0 Å². The van der Waals surface area contributed by atoms with E-state index >= 15 is 0 Å². The van der Waals surface area contributed by atoms with Gasteiger partial charge in [0.15, 0.2) is 0 Å². The zero-order valence-corrected chi connectivity index (χ0v) is 13.7. The normalized spacial score (nSPS) is 14.5. The summed E-state index contributed by atoms with van der Waals surface area (Å²) in [5.74, 6) is 0.852. The fourth-order valence-electron chi connectivity index (χ4n) is 2.49. The van der Waals surface area contributed by atoms with Crippen LogP contribution < -0.4 is 9.47 Å². The van der Waals surface area contributed by atoms with Gasteiger partial charge in [0, 0.05) is 28.1 Å². The van der Waals surface area contributed by atoms with Crippen molar-refractivity contribution in [3.63, 3.8) is 0 Å². The molecule has 5 heteroatoms. The van der Waals surface area contributed by atoms with E-state index in [0.717, 1.165) is 27.8 Å². The van der Waals surface area contributed by atoms with Crippen LogP contribution in [0.4, 0.5) is 4.39 Å². The molecule has 2 aromatic rings. The summed E-state index contributed by atoms with van der Waals surface area (Å²) >= 11 is 9.98. The number of ether oxygens (including phenoxy) is 2. The number of benzene rings is 2. The zero-order valence-electron chi connectivity index (χ0n) is 11.3. The van der Waals surface area contributed by atoms with Crippen LogP contribution in [0.5, 0.6) is 11.5 Å². The molecule has 0 radical (unpaired) electrons. The van der Waals surface area contributed by atoms with Gasteiger partial charge in [-0.2, -0.15) is 0 Å². The van der Waals surface area contributed by atoms with Gasteiger partial charge in [0.25, 0.3) is 0 Å². The SMILES string of the molecule is COc1ccc(C(Cl)c2cc(Br)cc3c2OCC3)c(F)c1. The fourth-order valence-corrected chi connectivity index (χ4v) is 3.36. The highest BCUT2D eigenvalue weighted by Gasteiger charge is 2.25. The first-order valence-corrected chi connectivity index (χ1v) is 7.75. The van der Waals surface area contributed by atoms with Crippen molar-refractivity contribution in [3.8, 4) is 11.5 Å². The lowest BCUT2D eigenvalue weighted by molar-refractivity contribution is 0.353. The third-order valence-electron chi connectivity index (χ3n) is 3.53. The van der Waals surface area contributed by atoms with E-state index in [-0.39, 0.29) is 5.82 Å². The maximum Gasteiger partial charge on any atom is 0.131 e. The predicted octanol–water partition coefficient (Wildman–Crippen LogP) is 4.86. The molecular weight excluding hydrogens is 359 g/mol. The Labute approximate surface area is 136 Å². The van der Waals surface area contributed by atoms with Crippen molar-refractivity contribution in [2.45, 2.75) is 11.8 Å². The van der Waals surface area contributed by atoms with Crippen LogP contribution >= 0.6 is 27.5 Å². The summed E-state index contributed by atoms with van der Waals surface area (Å²) in [5.41, 5.74) is 2.29. The molecule has 1 aliphatic heterocycles. The predicted molar refractivity (Wildman–Crippen MR) is 84.0 cm³/mol. The van der Waals surface area contributed by atoms with Gasteiger partial charge < -0.3 is 9.47 Å². The fraction of sp³-hybridized carbons (Fsp3) is 0.250. The molecule has 0 aliphatic carbocycles. The Morgan fingerprint density at radius 2 is 2.10 bits per heavy atom. The molecule has 0 bridgehead atoms. The third kappa shape index (κ3) is 2.74. The van der Waals surface area contributed by atoms with Gasteiger partial charge in [-0.1, -0.05) is 22.0 Å². The summed E-state index contributed by atoms with van der Waals surface area (Å²) in [6, 6.07) is 8.58. The van der Waals surface area contributed by atoms with Crippen molar-refractivity contribution < 1.29 is 13.9 Å². The molecule has 1 heterocycles. The summed E-state index contributed by atoms with van der Waals surface area (Å²) < 4.78 is 25.8. The molecule has 0 spiro atoms. The maximum absolute atomic E-state index is 14.2. The number of hydrogen-bond donors (Lipinski definition) is 0. The summed E-state index contributed by atoms with van der Waals surface area (Å²) in [7, 11) is 1.50. The second kappa shape index (κ2) is 5.85. The van der Waals surface area contributed by atoms with Crippen molar-refractivity contribution in [1.82, 2.24) is 0 Å². The molecule has 2 aromatic carbocycles. The van der Waals surface area contributed by atoms with Crippen molar-refractivity contribution in [2.24, 2.45) is 0 Å². The number of methoxy groups -OCH3 is 1. The summed E-state index contributed by atoms with van der Waals surface area (Å²) in [4.78, 5) is 0. The number of hydrogen-bond acceptors (Lipinski definition) is 2. The quantitative estimate of drug-likeness (QED) is 0.717. The Kier molecular flexibility index (Phi) is 4.09. The zero-order chi connectivity index (χ0) is 15.0. The van der Waals surface area contributed by atoms with Crippen LogP contribution in [0.15, 0.2) is 34.8 Å². The highest BCUT2D eigenvalue weighted by atomic mass is 79.9. The number of fused-ring (bicyclic) bond motifs is 1. The molecule has 21 heavy (non-hydrogen) atoms. The topological polar surface area (TPSA) is 18.5 Å². The van der Waals surface area contributed by atoms with Gasteiger partial charge >= 0.3 is 0 Å². The molecule has 0 fully saturated rings. The average Bonchev–Trinajstić information content (AvgIpc) is 2.93. The monoisotopic (exact) mass is 370 g/mol. The smallest absolute Gasteiger partial charge is 0.131 e. The Morgan fingerprint density at radius 3 is 2.81 bits per heavy atom. The minimum Gasteiger partial charge on any atom is -0.497 e. The number of alkyl halides is 1. The van der Waals surface area contributed by atoms with Crippen molar-refractivity contribution in [3.05, 3.63) is 57.3 Å². The Balaban J connectivity index is 2.05. The second-order valence-corrected chi connectivity index (χ2v) is 6.18. The van der Waals surface area contributed by atoms with Crippen molar-refractivity contribution in [1.29, 1.82) is 0 Å². The molecule has 0 amide bonds. The molecule has 2 nitrogen and oxygen atoms in total. The molecule has 0 N–H and O–H groups in total. The average molecular weight is 372 g/mol. The number of rotatable bonds is 3. The number of halogens is 3. The van der Waals surface area contributed by atoms with E-state index in [4.69, 9.17) is 21.1 Å². The van der Waals surface area contributed by atoms with E-state index < -0.39 is 5.38 Å². The van der Waals surface area contributed by atoms with E-state index in [2.05, 4.69) is 15.9 Å². The van der Waals surface area contributed by atoms with Gasteiger partial charge in [-0.25, -0.2) is 4.39 Å². The van der Waals surface area contributed by atoms with E-state index in [1.807, 2.05) is 12.1 Å². The lowest BCUT2D eigenvalue weighted by atomic mass is 10.00. The first-order chi connectivity index (χ1) is 10.1. The van der Waals surface area contributed by atoms with Gasteiger partial charge in [0.05, 0.1) is 19.1 Å². The van der Waals surface area contributed by atoms with Crippen molar-refractivity contribution >= 4 is 27.5 Å². The summed E-state index contributed by atoms with van der Waals surface area (Å²) in [6.07, 6.45) is 0.844. The van der Waals surface area contributed by atoms with E-state index in [1.165, 1.54) is 13.2 Å². The van der Waals surface area contributed by atoms with Gasteiger partial charge in [-0.05, 0) is 23.8 Å². The van der Waals surface area contributed by atoms with Crippen LogP contribution in [0.1, 0.15) is 22.1 Å². The largest absolute Gasteiger partial charge is 0.497 e. The van der Waals surface area contributed by atoms with Crippen molar-refractivity contribution in [2.75, 3.05) is 13.7 Å². The van der Waals surface area contributed by atoms with Gasteiger partial charge in [-0.3, -0.25) is 0 Å².